The number of carbonyl (C=O) groups is 1. The summed E-state index contributed by atoms with van der Waals surface area (Å²) in [5.74, 6) is -0.500. The molecule has 2 heterocycles. The fraction of sp³-hybridized carbons (Fsp3) is 0.200. The number of hydrogen-bond donors (Lipinski definition) is 1. The molecule has 0 radical (unpaired) electrons. The minimum Gasteiger partial charge on any atom is -0.298 e. The zero-order chi connectivity index (χ0) is 20.6. The Morgan fingerprint density at radius 1 is 1.24 bits per heavy atom. The number of carbonyl (C=O) groups excluding carboxylic acids is 1. The standard InChI is InChI=1S/C20H18ClN3O3S2/c1-13-12-28-20(22-13)23-19(25)16-11-15(8-9-17(16)21)29(26,27)24-10-4-6-14-5-2-3-7-18(14)24/h2-3,5,7-9,11-12H,4,6,10H2,1H3,(H,22,23,25). The lowest BCUT2D eigenvalue weighted by molar-refractivity contribution is 0.102. The van der Waals surface area contributed by atoms with Crippen LogP contribution in [0.4, 0.5) is 10.8 Å². The number of amides is 1. The molecule has 3 aromatic rings. The summed E-state index contributed by atoms with van der Waals surface area (Å²) in [4.78, 5) is 16.9. The van der Waals surface area contributed by atoms with Gasteiger partial charge in [0.1, 0.15) is 0 Å². The summed E-state index contributed by atoms with van der Waals surface area (Å²) in [5, 5.41) is 5.09. The lowest BCUT2D eigenvalue weighted by Gasteiger charge is -2.30. The Labute approximate surface area is 178 Å². The molecule has 1 aliphatic rings. The number of fused-ring (bicyclic) bond motifs is 1. The van der Waals surface area contributed by atoms with Crippen LogP contribution in [0.5, 0.6) is 0 Å². The van der Waals surface area contributed by atoms with Crippen LogP contribution in [0.2, 0.25) is 5.02 Å². The molecule has 4 rings (SSSR count). The van der Waals surface area contributed by atoms with E-state index in [0.717, 1.165) is 24.1 Å². The molecule has 0 bridgehead atoms. The summed E-state index contributed by atoms with van der Waals surface area (Å²) in [6.45, 7) is 2.21. The SMILES string of the molecule is Cc1csc(NC(=O)c2cc(S(=O)(=O)N3CCCc4ccccc43)ccc2Cl)n1. The van der Waals surface area contributed by atoms with Gasteiger partial charge in [-0.3, -0.25) is 14.4 Å². The molecule has 0 unspecified atom stereocenters. The molecule has 0 fully saturated rings. The third-order valence-electron chi connectivity index (χ3n) is 4.68. The van der Waals surface area contributed by atoms with Gasteiger partial charge >= 0.3 is 0 Å². The molecule has 0 aliphatic carbocycles. The summed E-state index contributed by atoms with van der Waals surface area (Å²) < 4.78 is 28.1. The van der Waals surface area contributed by atoms with Crippen LogP contribution in [-0.2, 0) is 16.4 Å². The highest BCUT2D eigenvalue weighted by Crippen LogP contribution is 2.33. The maximum Gasteiger partial charge on any atom is 0.264 e. The van der Waals surface area contributed by atoms with Gasteiger partial charge in [0.2, 0.25) is 0 Å². The van der Waals surface area contributed by atoms with E-state index in [4.69, 9.17) is 11.6 Å². The zero-order valence-corrected chi connectivity index (χ0v) is 17.9. The largest absolute Gasteiger partial charge is 0.298 e. The molecule has 0 atom stereocenters. The van der Waals surface area contributed by atoms with Gasteiger partial charge in [0.15, 0.2) is 5.13 Å². The first-order chi connectivity index (χ1) is 13.9. The quantitative estimate of drug-likeness (QED) is 0.638. The van der Waals surface area contributed by atoms with Crippen molar-refractivity contribution in [3.8, 4) is 0 Å². The van der Waals surface area contributed by atoms with Crippen molar-refractivity contribution < 1.29 is 13.2 Å². The van der Waals surface area contributed by atoms with Crippen molar-refractivity contribution in [3.63, 3.8) is 0 Å². The molecular weight excluding hydrogens is 430 g/mol. The first kappa shape index (κ1) is 19.9. The van der Waals surface area contributed by atoms with Crippen molar-refractivity contribution in [2.75, 3.05) is 16.2 Å². The van der Waals surface area contributed by atoms with Gasteiger partial charge in [0.05, 0.1) is 26.9 Å². The normalized spacial score (nSPS) is 13.8. The summed E-state index contributed by atoms with van der Waals surface area (Å²) in [5.41, 5.74) is 2.55. The van der Waals surface area contributed by atoms with Crippen LogP contribution < -0.4 is 9.62 Å². The number of nitrogens with one attached hydrogen (secondary N) is 1. The van der Waals surface area contributed by atoms with E-state index in [0.29, 0.717) is 17.4 Å². The third kappa shape index (κ3) is 3.88. The number of aryl methyl sites for hydroxylation is 2. The van der Waals surface area contributed by atoms with Gasteiger partial charge in [0, 0.05) is 11.9 Å². The smallest absolute Gasteiger partial charge is 0.264 e. The van der Waals surface area contributed by atoms with E-state index < -0.39 is 15.9 Å². The lowest BCUT2D eigenvalue weighted by Crippen LogP contribution is -2.35. The molecule has 1 N–H and O–H groups in total. The number of nitrogens with zero attached hydrogens (tertiary/aromatic N) is 2. The topological polar surface area (TPSA) is 79.4 Å². The van der Waals surface area contributed by atoms with Gasteiger partial charge in [-0.2, -0.15) is 0 Å². The fourth-order valence-corrected chi connectivity index (χ4v) is 5.75. The molecule has 0 spiro atoms. The second-order valence-electron chi connectivity index (χ2n) is 6.70. The fourth-order valence-electron chi connectivity index (χ4n) is 3.29. The molecule has 29 heavy (non-hydrogen) atoms. The van der Waals surface area contributed by atoms with Crippen LogP contribution in [0.3, 0.4) is 0 Å². The Hall–Kier alpha value is -2.42. The Balaban J connectivity index is 1.69. The van der Waals surface area contributed by atoms with Gasteiger partial charge < -0.3 is 0 Å². The maximum atomic E-state index is 13.3. The second-order valence-corrected chi connectivity index (χ2v) is 9.83. The van der Waals surface area contributed by atoms with Crippen LogP contribution >= 0.6 is 22.9 Å². The van der Waals surface area contributed by atoms with E-state index in [2.05, 4.69) is 10.3 Å². The Bertz CT molecular complexity index is 1190. The van der Waals surface area contributed by atoms with Crippen LogP contribution in [0.25, 0.3) is 0 Å². The number of benzene rings is 2. The molecule has 150 valence electrons. The van der Waals surface area contributed by atoms with Crippen molar-refractivity contribution in [1.29, 1.82) is 0 Å². The molecule has 0 saturated heterocycles. The van der Waals surface area contributed by atoms with Crippen molar-refractivity contribution >= 4 is 49.7 Å². The first-order valence-corrected chi connectivity index (χ1v) is 11.7. The van der Waals surface area contributed by atoms with Crippen LogP contribution in [0.1, 0.15) is 28.0 Å². The Morgan fingerprint density at radius 3 is 2.79 bits per heavy atom. The maximum absolute atomic E-state index is 13.3. The molecule has 1 amide bonds. The van der Waals surface area contributed by atoms with E-state index >= 15 is 0 Å². The molecule has 6 nitrogen and oxygen atoms in total. The highest BCUT2D eigenvalue weighted by Gasteiger charge is 2.30. The number of para-hydroxylation sites is 1. The second kappa shape index (κ2) is 7.78. The number of rotatable bonds is 4. The summed E-state index contributed by atoms with van der Waals surface area (Å²) in [6, 6.07) is 11.7. The molecule has 0 saturated carbocycles. The van der Waals surface area contributed by atoms with E-state index in [1.165, 1.54) is 33.8 Å². The average Bonchev–Trinajstić information content (AvgIpc) is 3.12. The van der Waals surface area contributed by atoms with Gasteiger partial charge in [0.25, 0.3) is 15.9 Å². The summed E-state index contributed by atoms with van der Waals surface area (Å²) in [6.07, 6.45) is 1.57. The van der Waals surface area contributed by atoms with E-state index in [9.17, 15) is 13.2 Å². The molecule has 9 heteroatoms. The van der Waals surface area contributed by atoms with Gasteiger partial charge in [-0.05, 0) is 49.6 Å². The van der Waals surface area contributed by atoms with Crippen molar-refractivity contribution in [2.24, 2.45) is 0 Å². The number of thiazole rings is 1. The van der Waals surface area contributed by atoms with E-state index in [1.54, 1.807) is 6.07 Å². The minimum absolute atomic E-state index is 0.0269. The highest BCUT2D eigenvalue weighted by molar-refractivity contribution is 7.92. The molecular formula is C20H18ClN3O3S2. The number of aromatic nitrogens is 1. The third-order valence-corrected chi connectivity index (χ3v) is 7.69. The van der Waals surface area contributed by atoms with Gasteiger partial charge in [-0.25, -0.2) is 13.4 Å². The average molecular weight is 448 g/mol. The Kier molecular flexibility index (Phi) is 5.33. The zero-order valence-electron chi connectivity index (χ0n) is 15.6. The number of halogens is 1. The van der Waals surface area contributed by atoms with Crippen LogP contribution in [-0.4, -0.2) is 25.9 Å². The van der Waals surface area contributed by atoms with Crippen molar-refractivity contribution in [3.05, 3.63) is 69.7 Å². The molecule has 1 aliphatic heterocycles. The van der Waals surface area contributed by atoms with E-state index in [-0.39, 0.29) is 15.5 Å². The number of anilines is 2. The monoisotopic (exact) mass is 447 g/mol. The van der Waals surface area contributed by atoms with E-state index in [1.807, 2.05) is 30.5 Å². The summed E-state index contributed by atoms with van der Waals surface area (Å²) in [7, 11) is -3.84. The highest BCUT2D eigenvalue weighted by atomic mass is 35.5. The molecule has 1 aromatic heterocycles. The van der Waals surface area contributed by atoms with Crippen LogP contribution in [0, 0.1) is 6.92 Å². The number of hydrogen-bond acceptors (Lipinski definition) is 5. The predicted molar refractivity (Wildman–Crippen MR) is 116 cm³/mol. The first-order valence-electron chi connectivity index (χ1n) is 9.00. The summed E-state index contributed by atoms with van der Waals surface area (Å²) >= 11 is 7.48. The Morgan fingerprint density at radius 2 is 2.03 bits per heavy atom. The minimum atomic E-state index is -3.84. The van der Waals surface area contributed by atoms with Gasteiger partial charge in [-0.1, -0.05) is 29.8 Å². The van der Waals surface area contributed by atoms with Crippen molar-refractivity contribution in [2.45, 2.75) is 24.7 Å². The van der Waals surface area contributed by atoms with Gasteiger partial charge in [-0.15, -0.1) is 11.3 Å². The van der Waals surface area contributed by atoms with Crippen molar-refractivity contribution in [1.82, 2.24) is 4.98 Å². The molecule has 2 aromatic carbocycles. The number of sulfonamides is 1. The lowest BCUT2D eigenvalue weighted by atomic mass is 10.0. The predicted octanol–water partition coefficient (Wildman–Crippen LogP) is 4.50. The van der Waals surface area contributed by atoms with Crippen LogP contribution in [0.15, 0.2) is 52.7 Å².